The number of nitrogens with one attached hydrogen (secondary N) is 1. The fourth-order valence-corrected chi connectivity index (χ4v) is 2.75. The van der Waals surface area contributed by atoms with Gasteiger partial charge in [0.1, 0.15) is 0 Å². The first kappa shape index (κ1) is 14.9. The molecule has 0 bridgehead atoms. The van der Waals surface area contributed by atoms with E-state index in [1.807, 2.05) is 0 Å². The molecule has 1 fully saturated rings. The van der Waals surface area contributed by atoms with Crippen molar-refractivity contribution in [3.63, 3.8) is 0 Å². The zero-order chi connectivity index (χ0) is 12.7. The molecule has 102 valence electrons. The Labute approximate surface area is 108 Å². The van der Waals surface area contributed by atoms with Crippen molar-refractivity contribution in [3.8, 4) is 0 Å². The maximum absolute atomic E-state index is 3.49. The van der Waals surface area contributed by atoms with Crippen LogP contribution >= 0.6 is 0 Å². The molecule has 1 unspecified atom stereocenters. The van der Waals surface area contributed by atoms with Gasteiger partial charge in [-0.25, -0.2) is 0 Å². The van der Waals surface area contributed by atoms with Crippen molar-refractivity contribution >= 4 is 0 Å². The van der Waals surface area contributed by atoms with Gasteiger partial charge in [-0.05, 0) is 45.6 Å². The van der Waals surface area contributed by atoms with Crippen LogP contribution in [0.5, 0.6) is 0 Å². The Kier molecular flexibility index (Phi) is 7.09. The van der Waals surface area contributed by atoms with E-state index in [1.54, 1.807) is 0 Å². The maximum atomic E-state index is 3.49. The Hall–Kier alpha value is -0.120. The van der Waals surface area contributed by atoms with Gasteiger partial charge in [-0.1, -0.05) is 27.7 Å². The molecule has 0 saturated carbocycles. The van der Waals surface area contributed by atoms with Crippen LogP contribution in [0.4, 0.5) is 0 Å². The molecule has 1 aliphatic rings. The summed E-state index contributed by atoms with van der Waals surface area (Å²) in [5.74, 6) is 0. The van der Waals surface area contributed by atoms with Gasteiger partial charge in [0.15, 0.2) is 0 Å². The molecular weight excluding hydrogens is 210 g/mol. The van der Waals surface area contributed by atoms with E-state index in [2.05, 4.69) is 42.8 Å². The van der Waals surface area contributed by atoms with Crippen LogP contribution in [0.2, 0.25) is 0 Å². The van der Waals surface area contributed by atoms with Gasteiger partial charge in [0, 0.05) is 18.6 Å². The zero-order valence-corrected chi connectivity index (χ0v) is 12.2. The Balaban J connectivity index is 2.13. The van der Waals surface area contributed by atoms with Crippen molar-refractivity contribution in [2.24, 2.45) is 0 Å². The van der Waals surface area contributed by atoms with Crippen LogP contribution in [0.3, 0.4) is 0 Å². The molecule has 0 amide bonds. The molecule has 0 radical (unpaired) electrons. The molecule has 0 spiro atoms. The van der Waals surface area contributed by atoms with E-state index in [-0.39, 0.29) is 0 Å². The van der Waals surface area contributed by atoms with E-state index in [9.17, 15) is 0 Å². The van der Waals surface area contributed by atoms with Crippen molar-refractivity contribution in [1.82, 2.24) is 15.1 Å². The first-order chi connectivity index (χ1) is 8.17. The van der Waals surface area contributed by atoms with E-state index in [1.165, 1.54) is 45.6 Å². The summed E-state index contributed by atoms with van der Waals surface area (Å²) < 4.78 is 0. The highest BCUT2D eigenvalue weighted by Crippen LogP contribution is 2.15. The highest BCUT2D eigenvalue weighted by atomic mass is 15.2. The standard InChI is InChI=1S/C14H31N3/c1-5-17(6-2)14-8-11-16(12-14)10-7-9-15-13(3)4/h13-15H,5-12H2,1-4H3. The summed E-state index contributed by atoms with van der Waals surface area (Å²) in [7, 11) is 0. The minimum Gasteiger partial charge on any atom is -0.314 e. The average Bonchev–Trinajstić information content (AvgIpc) is 2.75. The number of nitrogens with zero attached hydrogens (tertiary/aromatic N) is 2. The Morgan fingerprint density at radius 3 is 2.59 bits per heavy atom. The monoisotopic (exact) mass is 241 g/mol. The number of hydrogen-bond donors (Lipinski definition) is 1. The van der Waals surface area contributed by atoms with Gasteiger partial charge in [0.25, 0.3) is 0 Å². The van der Waals surface area contributed by atoms with Crippen LogP contribution < -0.4 is 5.32 Å². The third kappa shape index (κ3) is 5.36. The van der Waals surface area contributed by atoms with Crippen molar-refractivity contribution in [3.05, 3.63) is 0 Å². The molecule has 1 saturated heterocycles. The van der Waals surface area contributed by atoms with Crippen LogP contribution in [0.1, 0.15) is 40.5 Å². The molecule has 3 heteroatoms. The van der Waals surface area contributed by atoms with Crippen molar-refractivity contribution in [1.29, 1.82) is 0 Å². The smallest absolute Gasteiger partial charge is 0.0235 e. The lowest BCUT2D eigenvalue weighted by Gasteiger charge is -2.26. The number of likely N-dealkylation sites (tertiary alicyclic amines) is 1. The van der Waals surface area contributed by atoms with Crippen LogP contribution in [-0.2, 0) is 0 Å². The second-order valence-corrected chi connectivity index (χ2v) is 5.43. The first-order valence-corrected chi connectivity index (χ1v) is 7.37. The highest BCUT2D eigenvalue weighted by molar-refractivity contribution is 4.82. The van der Waals surface area contributed by atoms with E-state index in [4.69, 9.17) is 0 Å². The van der Waals surface area contributed by atoms with Crippen LogP contribution in [0.25, 0.3) is 0 Å². The lowest BCUT2D eigenvalue weighted by molar-refractivity contribution is 0.210. The van der Waals surface area contributed by atoms with Crippen molar-refractivity contribution < 1.29 is 0 Å². The third-order valence-electron chi connectivity index (χ3n) is 3.78. The molecule has 0 aromatic rings. The minimum absolute atomic E-state index is 0.622. The first-order valence-electron chi connectivity index (χ1n) is 7.37. The van der Waals surface area contributed by atoms with Crippen LogP contribution in [0, 0.1) is 0 Å². The van der Waals surface area contributed by atoms with E-state index in [0.29, 0.717) is 6.04 Å². The second kappa shape index (κ2) is 8.06. The molecule has 0 aromatic carbocycles. The third-order valence-corrected chi connectivity index (χ3v) is 3.78. The summed E-state index contributed by atoms with van der Waals surface area (Å²) in [5.41, 5.74) is 0. The van der Waals surface area contributed by atoms with Gasteiger partial charge >= 0.3 is 0 Å². The summed E-state index contributed by atoms with van der Waals surface area (Å²) in [6.45, 7) is 16.4. The molecule has 1 atom stereocenters. The van der Waals surface area contributed by atoms with E-state index in [0.717, 1.165) is 12.6 Å². The second-order valence-electron chi connectivity index (χ2n) is 5.43. The molecule has 1 aliphatic heterocycles. The normalized spacial score (nSPS) is 21.9. The van der Waals surface area contributed by atoms with Gasteiger partial charge in [-0.2, -0.15) is 0 Å². The quantitative estimate of drug-likeness (QED) is 0.654. The maximum Gasteiger partial charge on any atom is 0.0235 e. The predicted octanol–water partition coefficient (Wildman–Crippen LogP) is 1.79. The molecule has 0 aromatic heterocycles. The summed E-state index contributed by atoms with van der Waals surface area (Å²) in [6, 6.07) is 1.43. The highest BCUT2D eigenvalue weighted by Gasteiger charge is 2.25. The van der Waals surface area contributed by atoms with Gasteiger partial charge in [0.2, 0.25) is 0 Å². The SMILES string of the molecule is CCN(CC)C1CCN(CCCNC(C)C)C1. The average molecular weight is 241 g/mol. The van der Waals surface area contributed by atoms with Gasteiger partial charge in [-0.3, -0.25) is 4.90 Å². The largest absolute Gasteiger partial charge is 0.314 e. The fourth-order valence-electron chi connectivity index (χ4n) is 2.75. The van der Waals surface area contributed by atoms with Crippen molar-refractivity contribution in [2.45, 2.75) is 52.6 Å². The molecular formula is C14H31N3. The van der Waals surface area contributed by atoms with E-state index < -0.39 is 0 Å². The number of likely N-dealkylation sites (N-methyl/N-ethyl adjacent to an activating group) is 1. The van der Waals surface area contributed by atoms with Crippen LogP contribution in [-0.4, -0.2) is 61.2 Å². The Morgan fingerprint density at radius 1 is 1.29 bits per heavy atom. The molecule has 0 aliphatic carbocycles. The zero-order valence-electron chi connectivity index (χ0n) is 12.2. The lowest BCUT2D eigenvalue weighted by Crippen LogP contribution is -2.37. The molecule has 3 nitrogen and oxygen atoms in total. The number of rotatable bonds is 8. The van der Waals surface area contributed by atoms with E-state index >= 15 is 0 Å². The predicted molar refractivity (Wildman–Crippen MR) is 75.5 cm³/mol. The molecule has 1 heterocycles. The topological polar surface area (TPSA) is 18.5 Å². The van der Waals surface area contributed by atoms with Gasteiger partial charge < -0.3 is 10.2 Å². The van der Waals surface area contributed by atoms with Crippen LogP contribution in [0.15, 0.2) is 0 Å². The fraction of sp³-hybridized carbons (Fsp3) is 1.00. The Bertz CT molecular complexity index is 190. The van der Waals surface area contributed by atoms with Gasteiger partial charge in [0.05, 0.1) is 0 Å². The number of hydrogen-bond acceptors (Lipinski definition) is 3. The summed E-state index contributed by atoms with van der Waals surface area (Å²) in [4.78, 5) is 5.23. The molecule has 1 N–H and O–H groups in total. The van der Waals surface area contributed by atoms with Gasteiger partial charge in [-0.15, -0.1) is 0 Å². The summed E-state index contributed by atoms with van der Waals surface area (Å²) >= 11 is 0. The summed E-state index contributed by atoms with van der Waals surface area (Å²) in [6.07, 6.45) is 2.64. The molecule has 1 rings (SSSR count). The Morgan fingerprint density at radius 2 is 2.00 bits per heavy atom. The summed E-state index contributed by atoms with van der Waals surface area (Å²) in [5, 5.41) is 3.49. The lowest BCUT2D eigenvalue weighted by atomic mass is 10.2. The van der Waals surface area contributed by atoms with Crippen molar-refractivity contribution in [2.75, 3.05) is 39.3 Å². The minimum atomic E-state index is 0.622. The molecule has 17 heavy (non-hydrogen) atoms.